The highest BCUT2D eigenvalue weighted by atomic mass is 35.5. The Morgan fingerprint density at radius 1 is 0.952 bits per heavy atom. The number of rotatable bonds is 12. The number of halogens is 2. The summed E-state index contributed by atoms with van der Waals surface area (Å²) < 4.78 is 32.1. The molecule has 42 heavy (non-hydrogen) atoms. The van der Waals surface area contributed by atoms with E-state index in [1.165, 1.54) is 12.0 Å². The van der Waals surface area contributed by atoms with Crippen molar-refractivity contribution in [3.63, 3.8) is 0 Å². The molecule has 3 aromatic carbocycles. The quantitative estimate of drug-likeness (QED) is 0.286. The van der Waals surface area contributed by atoms with E-state index in [-0.39, 0.29) is 30.6 Å². The third-order valence-electron chi connectivity index (χ3n) is 7.40. The number of nitrogens with one attached hydrogen (secondary N) is 1. The minimum atomic E-state index is -3.89. The molecule has 0 aliphatic heterocycles. The van der Waals surface area contributed by atoms with Crippen LogP contribution in [0, 0.1) is 0 Å². The average molecular weight is 633 g/mol. The number of nitrogens with zero attached hydrogens (tertiary/aromatic N) is 2. The van der Waals surface area contributed by atoms with Crippen LogP contribution >= 0.6 is 23.2 Å². The summed E-state index contributed by atoms with van der Waals surface area (Å²) in [4.78, 5) is 29.5. The summed E-state index contributed by atoms with van der Waals surface area (Å²) in [6.07, 6.45) is 5.04. The zero-order chi connectivity index (χ0) is 30.3. The standard InChI is InChI=1S/C31H35Cl2N3O5S/c1-41-25-17-15-24(16-18-25)36(42(2,39)40)21-30(37)35(20-26-27(32)13-8-14-28(26)33)29(19-22-9-4-3-5-10-22)31(38)34-23-11-6-7-12-23/h3-5,8-10,13-18,23,29H,6-7,11-12,19-21H2,1-2H3,(H,34,38)/t29-/m1/s1. The second-order valence-electron chi connectivity index (χ2n) is 10.4. The highest BCUT2D eigenvalue weighted by Gasteiger charge is 2.35. The van der Waals surface area contributed by atoms with Crippen molar-refractivity contribution in [2.75, 3.05) is 24.2 Å². The number of hydrogen-bond acceptors (Lipinski definition) is 5. The van der Waals surface area contributed by atoms with Crippen LogP contribution < -0.4 is 14.4 Å². The molecule has 4 rings (SSSR count). The van der Waals surface area contributed by atoms with Crippen molar-refractivity contribution < 1.29 is 22.7 Å². The lowest BCUT2D eigenvalue weighted by atomic mass is 10.0. The molecule has 0 radical (unpaired) electrons. The van der Waals surface area contributed by atoms with Crippen molar-refractivity contribution in [1.29, 1.82) is 0 Å². The van der Waals surface area contributed by atoms with Crippen LogP contribution in [-0.2, 0) is 32.6 Å². The molecule has 0 spiro atoms. The second-order valence-corrected chi connectivity index (χ2v) is 13.1. The summed E-state index contributed by atoms with van der Waals surface area (Å²) in [5.41, 5.74) is 1.61. The maximum absolute atomic E-state index is 14.2. The molecule has 1 saturated carbocycles. The van der Waals surface area contributed by atoms with Gasteiger partial charge < -0.3 is 15.0 Å². The van der Waals surface area contributed by atoms with E-state index in [2.05, 4.69) is 5.32 Å². The Bertz CT molecular complexity index is 1460. The lowest BCUT2D eigenvalue weighted by Gasteiger charge is -2.34. The first-order valence-electron chi connectivity index (χ1n) is 13.7. The van der Waals surface area contributed by atoms with Gasteiger partial charge in [0, 0.05) is 34.6 Å². The van der Waals surface area contributed by atoms with Crippen molar-refractivity contribution in [2.24, 2.45) is 0 Å². The fourth-order valence-electron chi connectivity index (χ4n) is 5.14. The lowest BCUT2D eigenvalue weighted by Crippen LogP contribution is -2.54. The summed E-state index contributed by atoms with van der Waals surface area (Å²) in [7, 11) is -2.38. The monoisotopic (exact) mass is 631 g/mol. The first kappa shape index (κ1) is 31.7. The lowest BCUT2D eigenvalue weighted by molar-refractivity contribution is -0.140. The van der Waals surface area contributed by atoms with Crippen LogP contribution in [0.3, 0.4) is 0 Å². The predicted molar refractivity (Wildman–Crippen MR) is 167 cm³/mol. The summed E-state index contributed by atoms with van der Waals surface area (Å²) in [6, 6.07) is 19.8. The highest BCUT2D eigenvalue weighted by molar-refractivity contribution is 7.92. The van der Waals surface area contributed by atoms with Gasteiger partial charge in [0.25, 0.3) is 0 Å². The molecule has 1 aliphatic rings. The molecule has 224 valence electrons. The number of carbonyl (C=O) groups excluding carboxylic acids is 2. The van der Waals surface area contributed by atoms with E-state index in [1.54, 1.807) is 42.5 Å². The summed E-state index contributed by atoms with van der Waals surface area (Å²) in [6.45, 7) is -0.623. The number of ether oxygens (including phenoxy) is 1. The number of anilines is 1. The Balaban J connectivity index is 1.75. The van der Waals surface area contributed by atoms with Gasteiger partial charge in [-0.2, -0.15) is 0 Å². The van der Waals surface area contributed by atoms with E-state index in [1.807, 2.05) is 30.3 Å². The number of amides is 2. The Labute approximate surface area is 257 Å². The SMILES string of the molecule is COc1ccc(N(CC(=O)N(Cc2c(Cl)cccc2Cl)[C@H](Cc2ccccc2)C(=O)NC2CCCC2)S(C)(=O)=O)cc1. The fraction of sp³-hybridized carbons (Fsp3) is 0.355. The molecule has 0 unspecified atom stereocenters. The van der Waals surface area contributed by atoms with Crippen molar-refractivity contribution in [1.82, 2.24) is 10.2 Å². The van der Waals surface area contributed by atoms with Crippen molar-refractivity contribution >= 4 is 50.7 Å². The number of hydrogen-bond donors (Lipinski definition) is 1. The molecule has 11 heteroatoms. The maximum Gasteiger partial charge on any atom is 0.244 e. The van der Waals surface area contributed by atoms with E-state index in [0.29, 0.717) is 21.4 Å². The third-order valence-corrected chi connectivity index (χ3v) is 9.25. The van der Waals surface area contributed by atoms with Gasteiger partial charge in [-0.3, -0.25) is 13.9 Å². The van der Waals surface area contributed by atoms with Crippen LogP contribution in [0.15, 0.2) is 72.8 Å². The summed E-state index contributed by atoms with van der Waals surface area (Å²) >= 11 is 13.0. The first-order chi connectivity index (χ1) is 20.1. The van der Waals surface area contributed by atoms with Crippen LogP contribution in [0.25, 0.3) is 0 Å². The van der Waals surface area contributed by atoms with E-state index in [4.69, 9.17) is 27.9 Å². The average Bonchev–Trinajstić information content (AvgIpc) is 3.48. The van der Waals surface area contributed by atoms with E-state index >= 15 is 0 Å². The smallest absolute Gasteiger partial charge is 0.244 e. The number of sulfonamides is 1. The molecular formula is C31H35Cl2N3O5S. The molecular weight excluding hydrogens is 597 g/mol. The molecule has 1 aliphatic carbocycles. The maximum atomic E-state index is 14.2. The Morgan fingerprint density at radius 2 is 1.57 bits per heavy atom. The fourth-order valence-corrected chi connectivity index (χ4v) is 6.50. The largest absolute Gasteiger partial charge is 0.497 e. The van der Waals surface area contributed by atoms with Gasteiger partial charge in [0.2, 0.25) is 21.8 Å². The third kappa shape index (κ3) is 8.18. The van der Waals surface area contributed by atoms with Crippen LogP contribution in [0.5, 0.6) is 5.75 Å². The van der Waals surface area contributed by atoms with Gasteiger partial charge >= 0.3 is 0 Å². The van der Waals surface area contributed by atoms with Gasteiger partial charge in [-0.1, -0.05) is 72.4 Å². The zero-order valence-electron chi connectivity index (χ0n) is 23.6. The van der Waals surface area contributed by atoms with Crippen LogP contribution in [0.4, 0.5) is 5.69 Å². The van der Waals surface area contributed by atoms with Crippen molar-refractivity contribution in [2.45, 2.75) is 50.7 Å². The normalized spacial score (nSPS) is 14.3. The molecule has 0 saturated heterocycles. The Hall–Kier alpha value is -3.27. The van der Waals surface area contributed by atoms with Crippen LogP contribution in [0.2, 0.25) is 10.0 Å². The van der Waals surface area contributed by atoms with Crippen LogP contribution in [-0.4, -0.2) is 57.1 Å². The van der Waals surface area contributed by atoms with Gasteiger partial charge in [-0.05, 0) is 54.8 Å². The Kier molecular flexibility index (Phi) is 10.8. The summed E-state index contributed by atoms with van der Waals surface area (Å²) in [5.74, 6) is -0.340. The van der Waals surface area contributed by atoms with Gasteiger partial charge in [-0.25, -0.2) is 8.42 Å². The second kappa shape index (κ2) is 14.3. The van der Waals surface area contributed by atoms with E-state index in [0.717, 1.165) is 41.8 Å². The molecule has 3 aromatic rings. The zero-order valence-corrected chi connectivity index (χ0v) is 26.0. The van der Waals surface area contributed by atoms with E-state index in [9.17, 15) is 18.0 Å². The summed E-state index contributed by atoms with van der Waals surface area (Å²) in [5, 5.41) is 3.81. The van der Waals surface area contributed by atoms with Gasteiger partial charge in [0.15, 0.2) is 0 Å². The van der Waals surface area contributed by atoms with Gasteiger partial charge in [0.05, 0.1) is 19.1 Å². The predicted octanol–water partition coefficient (Wildman–Crippen LogP) is 5.47. The molecule has 1 fully saturated rings. The first-order valence-corrected chi connectivity index (χ1v) is 16.4. The van der Waals surface area contributed by atoms with E-state index < -0.39 is 28.5 Å². The van der Waals surface area contributed by atoms with Crippen molar-refractivity contribution in [3.8, 4) is 5.75 Å². The van der Waals surface area contributed by atoms with Gasteiger partial charge in [0.1, 0.15) is 18.3 Å². The number of methoxy groups -OCH3 is 1. The van der Waals surface area contributed by atoms with Crippen LogP contribution in [0.1, 0.15) is 36.8 Å². The molecule has 1 N–H and O–H groups in total. The topological polar surface area (TPSA) is 96.0 Å². The molecule has 1 atom stereocenters. The molecule has 2 amide bonds. The Morgan fingerprint density at radius 3 is 2.14 bits per heavy atom. The highest BCUT2D eigenvalue weighted by Crippen LogP contribution is 2.29. The number of benzene rings is 3. The molecule has 0 bridgehead atoms. The van der Waals surface area contributed by atoms with Gasteiger partial charge in [-0.15, -0.1) is 0 Å². The van der Waals surface area contributed by atoms with Crippen molar-refractivity contribution in [3.05, 3.63) is 94.0 Å². The molecule has 8 nitrogen and oxygen atoms in total. The number of carbonyl (C=O) groups is 2. The molecule has 0 heterocycles. The molecule has 0 aromatic heterocycles. The minimum absolute atomic E-state index is 0.0171. The minimum Gasteiger partial charge on any atom is -0.497 e.